The summed E-state index contributed by atoms with van der Waals surface area (Å²) in [6.07, 6.45) is -12.1. The molecule has 2 aromatic carbocycles. The molecule has 0 spiro atoms. The molecule has 0 aromatic heterocycles. The average Bonchev–Trinajstić information content (AvgIpc) is 3.33. The van der Waals surface area contributed by atoms with Crippen LogP contribution in [-0.2, 0) is 28.5 Å². The van der Waals surface area contributed by atoms with E-state index in [1.807, 2.05) is 0 Å². The number of hydrogen-bond donors (Lipinski definition) is 8. The lowest BCUT2D eigenvalue weighted by atomic mass is 9.98. The van der Waals surface area contributed by atoms with Crippen molar-refractivity contribution in [1.82, 2.24) is 0 Å². The minimum Gasteiger partial charge on any atom is -0.508 e. The third-order valence-electron chi connectivity index (χ3n) is 7.50. The Kier molecular flexibility index (Phi) is 11.6. The first kappa shape index (κ1) is 35.8. The number of phenols is 2. The summed E-state index contributed by atoms with van der Waals surface area (Å²) in [7, 11) is 2.62. The van der Waals surface area contributed by atoms with Crippen molar-refractivity contribution < 1.29 is 83.6 Å². The van der Waals surface area contributed by atoms with Crippen LogP contribution in [0, 0.1) is 0 Å². The van der Waals surface area contributed by atoms with Crippen molar-refractivity contribution in [2.75, 3.05) is 34.0 Å². The van der Waals surface area contributed by atoms with Gasteiger partial charge in [0, 0.05) is 6.08 Å². The number of esters is 2. The summed E-state index contributed by atoms with van der Waals surface area (Å²) in [6.45, 7) is -2.62. The Hall–Kier alpha value is -4.04. The van der Waals surface area contributed by atoms with Crippen LogP contribution in [0.15, 0.2) is 42.5 Å². The van der Waals surface area contributed by atoms with Gasteiger partial charge in [-0.3, -0.25) is 0 Å². The molecule has 2 aliphatic heterocycles. The van der Waals surface area contributed by atoms with E-state index in [1.165, 1.54) is 56.7 Å². The summed E-state index contributed by atoms with van der Waals surface area (Å²) >= 11 is 0. The van der Waals surface area contributed by atoms with E-state index >= 15 is 0 Å². The second-order valence-corrected chi connectivity index (χ2v) is 10.5. The van der Waals surface area contributed by atoms with Gasteiger partial charge in [0.05, 0.1) is 26.4 Å². The van der Waals surface area contributed by atoms with Gasteiger partial charge in [0.25, 0.3) is 0 Å². The monoisotopic (exact) mass is 668 g/mol. The molecule has 8 N–H and O–H groups in total. The van der Waals surface area contributed by atoms with E-state index in [9.17, 15) is 50.4 Å². The first-order chi connectivity index (χ1) is 22.4. The minimum atomic E-state index is -2.48. The maximum absolute atomic E-state index is 12.9. The summed E-state index contributed by atoms with van der Waals surface area (Å²) in [5.74, 6) is -4.73. The maximum Gasteiger partial charge on any atom is 0.338 e. The molecule has 258 valence electrons. The van der Waals surface area contributed by atoms with Crippen molar-refractivity contribution in [3.8, 4) is 23.0 Å². The minimum absolute atomic E-state index is 0.0437. The number of aromatic hydroxyl groups is 2. The number of benzene rings is 2. The second-order valence-electron chi connectivity index (χ2n) is 10.5. The van der Waals surface area contributed by atoms with Crippen LogP contribution in [0.2, 0.25) is 0 Å². The van der Waals surface area contributed by atoms with Crippen LogP contribution in [-0.4, -0.2) is 142 Å². The molecule has 2 aliphatic rings. The topological polar surface area (TPSA) is 261 Å². The number of hydrogen-bond acceptors (Lipinski definition) is 17. The molecule has 47 heavy (non-hydrogen) atoms. The number of carbonyl (C=O) groups excluding carboxylic acids is 2. The predicted octanol–water partition coefficient (Wildman–Crippen LogP) is -1.84. The van der Waals surface area contributed by atoms with E-state index in [2.05, 4.69) is 0 Å². The van der Waals surface area contributed by atoms with E-state index in [1.54, 1.807) is 0 Å². The molecule has 4 rings (SSSR count). The summed E-state index contributed by atoms with van der Waals surface area (Å²) in [5, 5.41) is 82.1. The normalized spacial score (nSPS) is 30.6. The van der Waals surface area contributed by atoms with E-state index in [4.69, 9.17) is 33.2 Å². The molecule has 0 bridgehead atoms. The molecule has 2 saturated heterocycles. The molecule has 0 saturated carbocycles. The van der Waals surface area contributed by atoms with E-state index in [0.717, 1.165) is 6.08 Å². The highest BCUT2D eigenvalue weighted by Gasteiger charge is 2.60. The van der Waals surface area contributed by atoms with Gasteiger partial charge >= 0.3 is 11.9 Å². The molecule has 17 heteroatoms. The van der Waals surface area contributed by atoms with Crippen LogP contribution in [0.4, 0.5) is 0 Å². The van der Waals surface area contributed by atoms with E-state index in [0.29, 0.717) is 5.56 Å². The zero-order valence-corrected chi connectivity index (χ0v) is 25.1. The molecule has 2 heterocycles. The Balaban J connectivity index is 1.51. The molecule has 0 unspecified atom stereocenters. The van der Waals surface area contributed by atoms with Crippen molar-refractivity contribution in [3.63, 3.8) is 0 Å². The van der Waals surface area contributed by atoms with Gasteiger partial charge < -0.3 is 74.0 Å². The first-order valence-electron chi connectivity index (χ1n) is 14.1. The van der Waals surface area contributed by atoms with Crippen LogP contribution in [0.1, 0.15) is 15.9 Å². The van der Waals surface area contributed by atoms with Gasteiger partial charge in [-0.1, -0.05) is 0 Å². The quantitative estimate of drug-likeness (QED) is 0.0913. The van der Waals surface area contributed by atoms with Gasteiger partial charge in [0.2, 0.25) is 11.5 Å². The molecule has 9 atom stereocenters. The highest BCUT2D eigenvalue weighted by atomic mass is 16.8. The van der Waals surface area contributed by atoms with Crippen LogP contribution >= 0.6 is 0 Å². The SMILES string of the molecule is COc1cc(/C=C/C(=O)O[C@H]2[C@H](O)[C@@H](CO)O[C@@]2(CO)O[C@H]2O[C@H](COC(=O)c3ccc(O)cc3)[C@@H](O)[C@H](O)[C@H]2O)cc(OC)c1O. The first-order valence-corrected chi connectivity index (χ1v) is 14.1. The maximum atomic E-state index is 12.9. The lowest BCUT2D eigenvalue weighted by molar-refractivity contribution is -0.383. The Labute approximate surface area is 267 Å². The molecule has 2 fully saturated rings. The highest BCUT2D eigenvalue weighted by Crippen LogP contribution is 2.39. The van der Waals surface area contributed by atoms with Crippen LogP contribution in [0.5, 0.6) is 23.0 Å². The van der Waals surface area contributed by atoms with Crippen LogP contribution in [0.25, 0.3) is 6.08 Å². The number of aliphatic hydroxyl groups excluding tert-OH is 6. The van der Waals surface area contributed by atoms with E-state index < -0.39 is 86.6 Å². The molecular formula is C30H36O17. The molecular weight excluding hydrogens is 632 g/mol. The molecule has 0 amide bonds. The van der Waals surface area contributed by atoms with Crippen LogP contribution in [0.3, 0.4) is 0 Å². The third-order valence-corrected chi connectivity index (χ3v) is 7.50. The number of methoxy groups -OCH3 is 2. The molecule has 0 aliphatic carbocycles. The molecule has 2 aromatic rings. The Morgan fingerprint density at radius 1 is 0.894 bits per heavy atom. The number of ether oxygens (including phenoxy) is 7. The van der Waals surface area contributed by atoms with Crippen molar-refractivity contribution >= 4 is 18.0 Å². The summed E-state index contributed by atoms with van der Waals surface area (Å²) < 4.78 is 37.5. The zero-order chi connectivity index (χ0) is 34.5. The van der Waals surface area contributed by atoms with Crippen molar-refractivity contribution in [3.05, 3.63) is 53.6 Å². The lowest BCUT2D eigenvalue weighted by Crippen LogP contribution is -2.63. The standard InChI is InChI=1S/C30H36O17/c1-41-17-9-14(10-18(42-2)22(17)35)3-8-21(34)45-27-24(37)19(11-31)46-30(27,13-32)47-29-26(39)25(38)23(36)20(44-29)12-43-28(40)15-4-6-16(33)7-5-15/h3-10,19-20,23-27,29,31-33,35-39H,11-13H2,1-2H3/b8-3+/t19-,20-,23-,24-,25+,26-,27+,29-,30+/m1/s1. The predicted molar refractivity (Wildman–Crippen MR) is 154 cm³/mol. The Morgan fingerprint density at radius 3 is 2.11 bits per heavy atom. The van der Waals surface area contributed by atoms with Gasteiger partial charge in [0.15, 0.2) is 23.9 Å². The van der Waals surface area contributed by atoms with Gasteiger partial charge in [-0.2, -0.15) is 0 Å². The smallest absolute Gasteiger partial charge is 0.338 e. The van der Waals surface area contributed by atoms with Crippen molar-refractivity contribution in [2.24, 2.45) is 0 Å². The fourth-order valence-corrected chi connectivity index (χ4v) is 4.94. The largest absolute Gasteiger partial charge is 0.508 e. The number of rotatable bonds is 12. The fourth-order valence-electron chi connectivity index (χ4n) is 4.94. The summed E-state index contributed by atoms with van der Waals surface area (Å²) in [6, 6.07) is 7.83. The van der Waals surface area contributed by atoms with Gasteiger partial charge in [-0.05, 0) is 48.0 Å². The number of carbonyl (C=O) groups is 2. The Morgan fingerprint density at radius 2 is 1.53 bits per heavy atom. The van der Waals surface area contributed by atoms with Crippen molar-refractivity contribution in [2.45, 2.75) is 54.8 Å². The molecule has 0 radical (unpaired) electrons. The molecule has 17 nitrogen and oxygen atoms in total. The van der Waals surface area contributed by atoms with Gasteiger partial charge in [-0.25, -0.2) is 9.59 Å². The summed E-state index contributed by atoms with van der Waals surface area (Å²) in [5.41, 5.74) is 0.379. The second kappa shape index (κ2) is 15.2. The number of aliphatic hydroxyl groups is 6. The summed E-state index contributed by atoms with van der Waals surface area (Å²) in [4.78, 5) is 25.3. The van der Waals surface area contributed by atoms with Gasteiger partial charge in [0.1, 0.15) is 55.6 Å². The van der Waals surface area contributed by atoms with Crippen LogP contribution < -0.4 is 9.47 Å². The Bertz CT molecular complexity index is 1390. The number of phenolic OH excluding ortho intramolecular Hbond substituents is 2. The fraction of sp³-hybridized carbons (Fsp3) is 0.467. The highest BCUT2D eigenvalue weighted by molar-refractivity contribution is 5.89. The lowest BCUT2D eigenvalue weighted by Gasteiger charge is -2.43. The third kappa shape index (κ3) is 7.75. The zero-order valence-electron chi connectivity index (χ0n) is 25.1. The van der Waals surface area contributed by atoms with E-state index in [-0.39, 0.29) is 28.6 Å². The van der Waals surface area contributed by atoms with Crippen molar-refractivity contribution in [1.29, 1.82) is 0 Å². The average molecular weight is 669 g/mol. The van der Waals surface area contributed by atoms with Gasteiger partial charge in [-0.15, -0.1) is 0 Å².